The first-order valence-electron chi connectivity index (χ1n) is 6.26. The van der Waals surface area contributed by atoms with E-state index in [0.29, 0.717) is 0 Å². The van der Waals surface area contributed by atoms with Crippen molar-refractivity contribution >= 4 is 0 Å². The van der Waals surface area contributed by atoms with Crippen LogP contribution in [-0.2, 0) is 0 Å². The third kappa shape index (κ3) is 1.31. The maximum Gasteiger partial charge on any atom is 0.00703 e. The van der Waals surface area contributed by atoms with E-state index in [1.165, 1.54) is 45.3 Å². The average molecular weight is 194 g/mol. The molecule has 1 saturated carbocycles. The van der Waals surface area contributed by atoms with Crippen LogP contribution in [-0.4, -0.2) is 25.7 Å². The van der Waals surface area contributed by atoms with Crippen LogP contribution < -0.4 is 10.6 Å². The van der Waals surface area contributed by atoms with Gasteiger partial charge in [-0.2, -0.15) is 0 Å². The Bertz CT molecular complexity index is 220. The average Bonchev–Trinajstić information content (AvgIpc) is 2.70. The molecule has 2 aliphatic heterocycles. The van der Waals surface area contributed by atoms with Gasteiger partial charge in [0.05, 0.1) is 0 Å². The van der Waals surface area contributed by atoms with Crippen LogP contribution in [0.3, 0.4) is 0 Å². The molecule has 0 radical (unpaired) electrons. The molecule has 0 aromatic heterocycles. The Labute approximate surface area is 86.8 Å². The van der Waals surface area contributed by atoms with Crippen molar-refractivity contribution in [1.82, 2.24) is 10.6 Å². The molecule has 0 amide bonds. The normalized spacial score (nSPS) is 52.5. The quantitative estimate of drug-likeness (QED) is 0.659. The van der Waals surface area contributed by atoms with E-state index >= 15 is 0 Å². The SMILES string of the molecule is CC1NCC[C@H]1C1CC12CCCNC2. The second-order valence-electron chi connectivity index (χ2n) is 5.65. The molecule has 1 aliphatic carbocycles. The molecule has 80 valence electrons. The van der Waals surface area contributed by atoms with Gasteiger partial charge < -0.3 is 10.6 Å². The van der Waals surface area contributed by atoms with Gasteiger partial charge in [0.15, 0.2) is 0 Å². The number of rotatable bonds is 1. The summed E-state index contributed by atoms with van der Waals surface area (Å²) < 4.78 is 0. The second-order valence-corrected chi connectivity index (χ2v) is 5.65. The van der Waals surface area contributed by atoms with E-state index < -0.39 is 0 Å². The van der Waals surface area contributed by atoms with Crippen LogP contribution in [0.1, 0.15) is 32.6 Å². The van der Waals surface area contributed by atoms with Gasteiger partial charge in [-0.3, -0.25) is 0 Å². The highest BCUT2D eigenvalue weighted by molar-refractivity contribution is 5.10. The van der Waals surface area contributed by atoms with Crippen molar-refractivity contribution in [1.29, 1.82) is 0 Å². The summed E-state index contributed by atoms with van der Waals surface area (Å²) in [5.74, 6) is 2.02. The van der Waals surface area contributed by atoms with Crippen molar-refractivity contribution in [2.24, 2.45) is 17.3 Å². The summed E-state index contributed by atoms with van der Waals surface area (Å²) in [5.41, 5.74) is 0.739. The molecule has 3 rings (SSSR count). The third-order valence-electron chi connectivity index (χ3n) is 4.86. The van der Waals surface area contributed by atoms with Crippen molar-refractivity contribution in [3.05, 3.63) is 0 Å². The zero-order chi connectivity index (χ0) is 9.60. The minimum absolute atomic E-state index is 0.739. The van der Waals surface area contributed by atoms with E-state index in [2.05, 4.69) is 17.6 Å². The van der Waals surface area contributed by atoms with E-state index in [-0.39, 0.29) is 0 Å². The maximum absolute atomic E-state index is 3.59. The fraction of sp³-hybridized carbons (Fsp3) is 1.00. The third-order valence-corrected chi connectivity index (χ3v) is 4.86. The summed E-state index contributed by atoms with van der Waals surface area (Å²) in [4.78, 5) is 0. The van der Waals surface area contributed by atoms with Gasteiger partial charge in [0.1, 0.15) is 0 Å². The zero-order valence-electron chi connectivity index (χ0n) is 9.18. The largest absolute Gasteiger partial charge is 0.316 e. The van der Waals surface area contributed by atoms with E-state index in [0.717, 1.165) is 23.3 Å². The molecule has 14 heavy (non-hydrogen) atoms. The predicted molar refractivity (Wildman–Crippen MR) is 58.2 cm³/mol. The molecule has 3 aliphatic rings. The second kappa shape index (κ2) is 3.21. The van der Waals surface area contributed by atoms with Gasteiger partial charge in [-0.15, -0.1) is 0 Å². The van der Waals surface area contributed by atoms with Crippen LogP contribution in [0.25, 0.3) is 0 Å². The Kier molecular flexibility index (Phi) is 2.10. The van der Waals surface area contributed by atoms with Crippen LogP contribution in [0.2, 0.25) is 0 Å². The number of hydrogen-bond acceptors (Lipinski definition) is 2. The van der Waals surface area contributed by atoms with Crippen LogP contribution in [0.15, 0.2) is 0 Å². The van der Waals surface area contributed by atoms with E-state index in [1.807, 2.05) is 0 Å². The summed E-state index contributed by atoms with van der Waals surface area (Å²) in [7, 11) is 0. The van der Waals surface area contributed by atoms with Crippen LogP contribution >= 0.6 is 0 Å². The van der Waals surface area contributed by atoms with Crippen LogP contribution in [0.5, 0.6) is 0 Å². The molecule has 2 heteroatoms. The Balaban J connectivity index is 1.65. The van der Waals surface area contributed by atoms with Crippen molar-refractivity contribution in [3.8, 4) is 0 Å². The van der Waals surface area contributed by atoms with Crippen LogP contribution in [0.4, 0.5) is 0 Å². The Hall–Kier alpha value is -0.0800. The highest BCUT2D eigenvalue weighted by Crippen LogP contribution is 2.61. The molecule has 2 nitrogen and oxygen atoms in total. The molecule has 2 heterocycles. The molecule has 3 unspecified atom stereocenters. The van der Waals surface area contributed by atoms with E-state index in [1.54, 1.807) is 0 Å². The molecule has 2 saturated heterocycles. The summed E-state index contributed by atoms with van der Waals surface area (Å²) in [6, 6.07) is 0.779. The summed E-state index contributed by atoms with van der Waals surface area (Å²) in [6.07, 6.45) is 5.84. The summed E-state index contributed by atoms with van der Waals surface area (Å²) in [5, 5.41) is 7.18. The monoisotopic (exact) mass is 194 g/mol. The zero-order valence-corrected chi connectivity index (χ0v) is 9.18. The van der Waals surface area contributed by atoms with Gasteiger partial charge in [-0.05, 0) is 62.9 Å². The van der Waals surface area contributed by atoms with Gasteiger partial charge in [0.25, 0.3) is 0 Å². The fourth-order valence-corrected chi connectivity index (χ4v) is 3.90. The molecule has 3 fully saturated rings. The lowest BCUT2D eigenvalue weighted by molar-refractivity contribution is 0.277. The first-order valence-corrected chi connectivity index (χ1v) is 6.26. The molecule has 0 bridgehead atoms. The number of hydrogen-bond donors (Lipinski definition) is 2. The molecule has 0 aromatic rings. The molecule has 0 aromatic carbocycles. The fourth-order valence-electron chi connectivity index (χ4n) is 3.90. The van der Waals surface area contributed by atoms with E-state index in [4.69, 9.17) is 0 Å². The number of nitrogens with one attached hydrogen (secondary N) is 2. The highest BCUT2D eigenvalue weighted by atomic mass is 15.0. The highest BCUT2D eigenvalue weighted by Gasteiger charge is 2.58. The minimum atomic E-state index is 0.739. The van der Waals surface area contributed by atoms with Gasteiger partial charge in [-0.1, -0.05) is 0 Å². The number of piperidine rings is 1. The lowest BCUT2D eigenvalue weighted by Crippen LogP contribution is -2.34. The predicted octanol–water partition coefficient (Wildman–Crippen LogP) is 1.37. The Morgan fingerprint density at radius 3 is 2.86 bits per heavy atom. The van der Waals surface area contributed by atoms with Gasteiger partial charge in [0, 0.05) is 12.6 Å². The first-order chi connectivity index (χ1) is 6.82. The molecular formula is C12H22N2. The van der Waals surface area contributed by atoms with Crippen molar-refractivity contribution in [2.45, 2.75) is 38.6 Å². The molecular weight excluding hydrogens is 172 g/mol. The molecule has 1 spiro atoms. The summed E-state index contributed by atoms with van der Waals surface area (Å²) >= 11 is 0. The maximum atomic E-state index is 3.59. The van der Waals surface area contributed by atoms with Crippen molar-refractivity contribution in [3.63, 3.8) is 0 Å². The molecule has 4 atom stereocenters. The van der Waals surface area contributed by atoms with Crippen molar-refractivity contribution < 1.29 is 0 Å². The topological polar surface area (TPSA) is 24.1 Å². The standard InChI is InChI=1S/C12H22N2/c1-9-10(3-6-14-9)11-7-12(11)4-2-5-13-8-12/h9-11,13-14H,2-8H2,1H3/t9?,10-,11?,12?/m1/s1. The van der Waals surface area contributed by atoms with Gasteiger partial charge >= 0.3 is 0 Å². The Morgan fingerprint density at radius 2 is 2.21 bits per heavy atom. The Morgan fingerprint density at radius 1 is 1.29 bits per heavy atom. The van der Waals surface area contributed by atoms with Gasteiger partial charge in [0.2, 0.25) is 0 Å². The van der Waals surface area contributed by atoms with Gasteiger partial charge in [-0.25, -0.2) is 0 Å². The smallest absolute Gasteiger partial charge is 0.00703 e. The minimum Gasteiger partial charge on any atom is -0.316 e. The van der Waals surface area contributed by atoms with Crippen LogP contribution in [0, 0.1) is 17.3 Å². The summed E-state index contributed by atoms with van der Waals surface area (Å²) in [6.45, 7) is 6.19. The first kappa shape index (κ1) is 9.17. The van der Waals surface area contributed by atoms with E-state index in [9.17, 15) is 0 Å². The lowest BCUT2D eigenvalue weighted by Gasteiger charge is -2.26. The lowest BCUT2D eigenvalue weighted by atomic mass is 9.86. The molecule has 2 N–H and O–H groups in total. The van der Waals surface area contributed by atoms with Crippen molar-refractivity contribution in [2.75, 3.05) is 19.6 Å².